The number of rotatable bonds is 5. The van der Waals surface area contributed by atoms with Crippen LogP contribution >= 0.6 is 24.0 Å². The van der Waals surface area contributed by atoms with Crippen molar-refractivity contribution >= 4 is 34.1 Å². The summed E-state index contributed by atoms with van der Waals surface area (Å²) in [4.78, 5) is 15.2. The zero-order valence-electron chi connectivity index (χ0n) is 16.5. The van der Waals surface area contributed by atoms with Crippen molar-refractivity contribution < 1.29 is 9.90 Å². The smallest absolute Gasteiger partial charge is 0.199 e. The van der Waals surface area contributed by atoms with Crippen molar-refractivity contribution in [3.63, 3.8) is 0 Å². The second-order valence-electron chi connectivity index (χ2n) is 7.22. The van der Waals surface area contributed by atoms with Crippen LogP contribution in [0, 0.1) is 6.92 Å². The minimum absolute atomic E-state index is 0.160. The number of nitrogens with zero attached hydrogens (tertiary/aromatic N) is 1. The highest BCUT2D eigenvalue weighted by molar-refractivity contribution is 8.25. The van der Waals surface area contributed by atoms with Crippen molar-refractivity contribution in [3.05, 3.63) is 118 Å². The third kappa shape index (κ3) is 3.97. The van der Waals surface area contributed by atoms with E-state index in [1.54, 1.807) is 17.0 Å². The molecule has 1 atom stereocenters. The van der Waals surface area contributed by atoms with Crippen LogP contribution in [0.15, 0.2) is 95.9 Å². The molecule has 0 amide bonds. The second-order valence-corrected chi connectivity index (χ2v) is 8.89. The van der Waals surface area contributed by atoms with E-state index in [1.807, 2.05) is 79.7 Å². The molecular weight excluding hydrogens is 410 g/mol. The fourth-order valence-electron chi connectivity index (χ4n) is 3.44. The maximum atomic E-state index is 12.9. The Hall–Kier alpha value is -2.73. The number of allylic oxidation sites excluding steroid dienone is 1. The van der Waals surface area contributed by atoms with E-state index in [2.05, 4.69) is 0 Å². The number of benzene rings is 3. The average Bonchev–Trinajstić information content (AvgIpc) is 3.01. The maximum absolute atomic E-state index is 12.9. The van der Waals surface area contributed by atoms with Gasteiger partial charge in [-0.15, -0.1) is 0 Å². The molecule has 0 spiro atoms. The van der Waals surface area contributed by atoms with Crippen LogP contribution in [0.25, 0.3) is 0 Å². The maximum Gasteiger partial charge on any atom is 0.199 e. The molecule has 1 saturated heterocycles. The first-order valence-corrected chi connectivity index (χ1v) is 10.9. The number of thioether (sulfide) groups is 1. The van der Waals surface area contributed by atoms with E-state index in [4.69, 9.17) is 12.2 Å². The van der Waals surface area contributed by atoms with E-state index >= 15 is 0 Å². The lowest BCUT2D eigenvalue weighted by atomic mass is 9.98. The highest BCUT2D eigenvalue weighted by Crippen LogP contribution is 2.49. The van der Waals surface area contributed by atoms with E-state index in [0.29, 0.717) is 26.9 Å². The van der Waals surface area contributed by atoms with Crippen molar-refractivity contribution in [1.82, 2.24) is 4.90 Å². The van der Waals surface area contributed by atoms with Crippen molar-refractivity contribution in [1.29, 1.82) is 0 Å². The predicted molar refractivity (Wildman–Crippen MR) is 126 cm³/mol. The highest BCUT2D eigenvalue weighted by Gasteiger charge is 2.48. The fraction of sp³-hybridized carbons (Fsp3) is 0.120. The summed E-state index contributed by atoms with van der Waals surface area (Å²) >= 11 is 6.91. The molecule has 1 aliphatic rings. The topological polar surface area (TPSA) is 40.5 Å². The van der Waals surface area contributed by atoms with Crippen LogP contribution in [0.4, 0.5) is 0 Å². The van der Waals surface area contributed by atoms with E-state index < -0.39 is 5.72 Å². The number of hydrogen-bond acceptors (Lipinski definition) is 4. The Morgan fingerprint density at radius 1 is 1.00 bits per heavy atom. The molecule has 0 aliphatic carbocycles. The molecule has 1 N–H and O–H groups in total. The molecule has 4 rings (SSSR count). The van der Waals surface area contributed by atoms with Crippen LogP contribution < -0.4 is 0 Å². The number of ketones is 1. The third-order valence-corrected chi connectivity index (χ3v) is 6.60. The lowest BCUT2D eigenvalue weighted by Gasteiger charge is -2.35. The number of thiocarbonyl (C=S) groups is 1. The molecule has 0 bridgehead atoms. The molecule has 1 fully saturated rings. The SMILES string of the molecule is Cc1ccc(CN2C(=S)S/C(=C\C(=O)c3ccccc3)C2(O)c2ccccc2)cc1. The molecular formula is C25H21NO2S2. The van der Waals surface area contributed by atoms with Gasteiger partial charge in [-0.1, -0.05) is 114 Å². The summed E-state index contributed by atoms with van der Waals surface area (Å²) in [6.45, 7) is 2.48. The quantitative estimate of drug-likeness (QED) is 0.331. The fourth-order valence-corrected chi connectivity index (χ4v) is 4.94. The number of hydrogen-bond donors (Lipinski definition) is 1. The molecule has 3 nitrogen and oxygen atoms in total. The number of aliphatic hydroxyl groups is 1. The lowest BCUT2D eigenvalue weighted by Crippen LogP contribution is -2.43. The summed E-state index contributed by atoms with van der Waals surface area (Å²) in [6, 6.07) is 26.6. The molecule has 0 saturated carbocycles. The third-order valence-electron chi connectivity index (χ3n) is 5.11. The van der Waals surface area contributed by atoms with Crippen molar-refractivity contribution in [2.45, 2.75) is 19.2 Å². The predicted octanol–water partition coefficient (Wildman–Crippen LogP) is 5.44. The van der Waals surface area contributed by atoms with Gasteiger partial charge in [0.15, 0.2) is 11.5 Å². The zero-order valence-corrected chi connectivity index (χ0v) is 18.1. The van der Waals surface area contributed by atoms with E-state index in [-0.39, 0.29) is 5.78 Å². The summed E-state index contributed by atoms with van der Waals surface area (Å²) in [5, 5.41) is 12.0. The van der Waals surface area contributed by atoms with Crippen LogP contribution in [0.1, 0.15) is 27.0 Å². The van der Waals surface area contributed by atoms with Gasteiger partial charge in [0.05, 0.1) is 4.91 Å². The minimum atomic E-state index is -1.50. The molecule has 0 radical (unpaired) electrons. The van der Waals surface area contributed by atoms with Crippen LogP contribution in [0.5, 0.6) is 0 Å². The van der Waals surface area contributed by atoms with E-state index in [1.165, 1.54) is 23.4 Å². The average molecular weight is 432 g/mol. The van der Waals surface area contributed by atoms with Gasteiger partial charge in [0, 0.05) is 23.7 Å². The summed E-state index contributed by atoms with van der Waals surface area (Å²) < 4.78 is 0.536. The Kier molecular flexibility index (Phi) is 5.86. The number of carbonyl (C=O) groups is 1. The summed E-state index contributed by atoms with van der Waals surface area (Å²) in [5.74, 6) is -0.160. The molecule has 150 valence electrons. The first-order valence-electron chi connectivity index (χ1n) is 9.63. The summed E-state index contributed by atoms with van der Waals surface area (Å²) in [7, 11) is 0. The largest absolute Gasteiger partial charge is 0.363 e. The Labute approximate surface area is 186 Å². The van der Waals surface area contributed by atoms with Crippen LogP contribution in [0.2, 0.25) is 0 Å². The Morgan fingerprint density at radius 3 is 2.23 bits per heavy atom. The lowest BCUT2D eigenvalue weighted by molar-refractivity contribution is -0.0314. The Bertz CT molecular complexity index is 1100. The normalized spacial score (nSPS) is 20.0. The van der Waals surface area contributed by atoms with Crippen molar-refractivity contribution in [2.75, 3.05) is 0 Å². The highest BCUT2D eigenvalue weighted by atomic mass is 32.2. The standard InChI is InChI=1S/C25H21NO2S2/c1-18-12-14-19(15-13-18)17-26-24(29)30-23(16-22(27)20-8-4-2-5-9-20)25(26,28)21-10-6-3-7-11-21/h2-16,28H,17H2,1H3/b23-16-. The van der Waals surface area contributed by atoms with Gasteiger partial charge < -0.3 is 10.0 Å². The monoisotopic (exact) mass is 431 g/mol. The van der Waals surface area contributed by atoms with Gasteiger partial charge in [-0.05, 0) is 12.5 Å². The van der Waals surface area contributed by atoms with Crippen LogP contribution in [0.3, 0.4) is 0 Å². The van der Waals surface area contributed by atoms with Crippen molar-refractivity contribution in [2.24, 2.45) is 0 Å². The molecule has 5 heteroatoms. The summed E-state index contributed by atoms with van der Waals surface area (Å²) in [5.41, 5.74) is 1.96. The van der Waals surface area contributed by atoms with Gasteiger partial charge in [0.1, 0.15) is 4.32 Å². The first kappa shape index (κ1) is 20.5. The summed E-state index contributed by atoms with van der Waals surface area (Å²) in [6.07, 6.45) is 1.51. The number of carbonyl (C=O) groups excluding carboxylic acids is 1. The van der Waals surface area contributed by atoms with E-state index in [0.717, 1.165) is 5.56 Å². The van der Waals surface area contributed by atoms with Crippen molar-refractivity contribution in [3.8, 4) is 0 Å². The molecule has 3 aromatic carbocycles. The molecule has 3 aromatic rings. The Balaban J connectivity index is 1.77. The molecule has 0 aromatic heterocycles. The van der Waals surface area contributed by atoms with Crippen LogP contribution in [-0.2, 0) is 12.3 Å². The van der Waals surface area contributed by atoms with Gasteiger partial charge in [0.25, 0.3) is 0 Å². The minimum Gasteiger partial charge on any atom is -0.363 e. The van der Waals surface area contributed by atoms with Gasteiger partial charge in [-0.3, -0.25) is 4.79 Å². The molecule has 1 aliphatic heterocycles. The first-order chi connectivity index (χ1) is 14.5. The van der Waals surface area contributed by atoms with Gasteiger partial charge in [-0.25, -0.2) is 0 Å². The second kappa shape index (κ2) is 8.56. The Morgan fingerprint density at radius 2 is 1.60 bits per heavy atom. The van der Waals surface area contributed by atoms with Gasteiger partial charge >= 0.3 is 0 Å². The van der Waals surface area contributed by atoms with Gasteiger partial charge in [-0.2, -0.15) is 0 Å². The van der Waals surface area contributed by atoms with Crippen LogP contribution in [-0.4, -0.2) is 20.1 Å². The molecule has 1 heterocycles. The molecule has 30 heavy (non-hydrogen) atoms. The van der Waals surface area contributed by atoms with Gasteiger partial charge in [0.2, 0.25) is 0 Å². The molecule has 1 unspecified atom stereocenters. The number of aryl methyl sites for hydroxylation is 1. The van der Waals surface area contributed by atoms with E-state index in [9.17, 15) is 9.90 Å². The zero-order chi connectivity index (χ0) is 21.1.